The molecule has 0 radical (unpaired) electrons. The Morgan fingerprint density at radius 1 is 1.50 bits per heavy atom. The first-order chi connectivity index (χ1) is 8.60. The Balaban J connectivity index is 2.70. The fraction of sp³-hybridized carbons (Fsp3) is 0.500. The highest BCUT2D eigenvalue weighted by atomic mass is 35.5. The maximum atomic E-state index is 8.84. The Morgan fingerprint density at radius 2 is 2.22 bits per heavy atom. The number of methoxy groups -OCH3 is 1. The van der Waals surface area contributed by atoms with E-state index < -0.39 is 0 Å². The van der Waals surface area contributed by atoms with Gasteiger partial charge in [-0.2, -0.15) is 5.26 Å². The van der Waals surface area contributed by atoms with Gasteiger partial charge in [0.25, 0.3) is 0 Å². The van der Waals surface area contributed by atoms with E-state index in [-0.39, 0.29) is 5.92 Å². The van der Waals surface area contributed by atoms with E-state index in [1.54, 1.807) is 7.11 Å². The maximum absolute atomic E-state index is 8.84. The number of nitrogens with zero attached hydrogens (tertiary/aromatic N) is 2. The molecule has 4 heteroatoms. The summed E-state index contributed by atoms with van der Waals surface area (Å²) in [5.74, 6) is 0.729. The molecule has 3 nitrogen and oxygen atoms in total. The lowest BCUT2D eigenvalue weighted by Gasteiger charge is -2.21. The molecule has 0 saturated carbocycles. The van der Waals surface area contributed by atoms with Crippen molar-refractivity contribution in [2.24, 2.45) is 5.92 Å². The minimum atomic E-state index is 0.0404. The number of benzene rings is 1. The van der Waals surface area contributed by atoms with Crippen LogP contribution in [0.1, 0.15) is 19.4 Å². The van der Waals surface area contributed by atoms with Crippen LogP contribution >= 0.6 is 11.6 Å². The molecule has 0 amide bonds. The number of nitriles is 1. The quantitative estimate of drug-likeness (QED) is 0.792. The van der Waals surface area contributed by atoms with Crippen LogP contribution in [0.3, 0.4) is 0 Å². The van der Waals surface area contributed by atoms with Crippen LogP contribution in [-0.4, -0.2) is 25.1 Å². The summed E-state index contributed by atoms with van der Waals surface area (Å²) in [5, 5.41) is 9.47. The predicted octanol–water partition coefficient (Wildman–Crippen LogP) is 3.33. The summed E-state index contributed by atoms with van der Waals surface area (Å²) >= 11 is 6.09. The van der Waals surface area contributed by atoms with Crippen molar-refractivity contribution in [3.8, 4) is 11.8 Å². The highest BCUT2D eigenvalue weighted by molar-refractivity contribution is 6.32. The van der Waals surface area contributed by atoms with Gasteiger partial charge in [0.2, 0.25) is 0 Å². The van der Waals surface area contributed by atoms with Crippen molar-refractivity contribution in [3.05, 3.63) is 28.8 Å². The molecule has 0 spiro atoms. The monoisotopic (exact) mass is 266 g/mol. The molecular weight excluding hydrogens is 248 g/mol. The highest BCUT2D eigenvalue weighted by Crippen LogP contribution is 2.25. The Kier molecular flexibility index (Phi) is 5.97. The van der Waals surface area contributed by atoms with E-state index in [9.17, 15) is 0 Å². The van der Waals surface area contributed by atoms with Gasteiger partial charge in [0.1, 0.15) is 5.75 Å². The van der Waals surface area contributed by atoms with Gasteiger partial charge >= 0.3 is 0 Å². The summed E-state index contributed by atoms with van der Waals surface area (Å²) in [4.78, 5) is 2.23. The number of rotatable bonds is 6. The molecule has 98 valence electrons. The van der Waals surface area contributed by atoms with Crippen molar-refractivity contribution >= 4 is 11.6 Å². The molecule has 1 aromatic rings. The highest BCUT2D eigenvalue weighted by Gasteiger charge is 2.10. The van der Waals surface area contributed by atoms with Crippen LogP contribution in [0.15, 0.2) is 18.2 Å². The van der Waals surface area contributed by atoms with Gasteiger partial charge in [-0.25, -0.2) is 0 Å². The first kappa shape index (κ1) is 14.8. The first-order valence-electron chi connectivity index (χ1n) is 6.05. The molecule has 1 rings (SSSR count). The molecule has 0 N–H and O–H groups in total. The topological polar surface area (TPSA) is 36.3 Å². The van der Waals surface area contributed by atoms with Gasteiger partial charge in [0.05, 0.1) is 24.1 Å². The molecule has 18 heavy (non-hydrogen) atoms. The lowest BCUT2D eigenvalue weighted by molar-refractivity contribution is 0.260. The Morgan fingerprint density at radius 3 is 2.72 bits per heavy atom. The van der Waals surface area contributed by atoms with Gasteiger partial charge < -0.3 is 4.74 Å². The molecule has 1 aromatic carbocycles. The molecule has 1 atom stereocenters. The van der Waals surface area contributed by atoms with Crippen LogP contribution in [0.4, 0.5) is 0 Å². The van der Waals surface area contributed by atoms with Gasteiger partial charge in [-0.3, -0.25) is 4.90 Å². The molecule has 1 unspecified atom stereocenters. The predicted molar refractivity (Wildman–Crippen MR) is 73.7 cm³/mol. The van der Waals surface area contributed by atoms with Gasteiger partial charge in [0, 0.05) is 13.1 Å². The van der Waals surface area contributed by atoms with Gasteiger partial charge in [-0.05, 0) is 31.2 Å². The molecule has 0 bridgehead atoms. The van der Waals surface area contributed by atoms with Crippen molar-refractivity contribution in [3.63, 3.8) is 0 Å². The summed E-state index contributed by atoms with van der Waals surface area (Å²) in [6.07, 6.45) is 0. The van der Waals surface area contributed by atoms with Crippen LogP contribution in [-0.2, 0) is 6.54 Å². The second-order valence-electron chi connectivity index (χ2n) is 4.33. The molecule has 0 aliphatic carbocycles. The largest absolute Gasteiger partial charge is 0.495 e. The van der Waals surface area contributed by atoms with E-state index in [1.807, 2.05) is 25.1 Å². The van der Waals surface area contributed by atoms with Crippen LogP contribution in [0.25, 0.3) is 0 Å². The maximum Gasteiger partial charge on any atom is 0.137 e. The molecule has 0 aliphatic rings. The van der Waals surface area contributed by atoms with Gasteiger partial charge in [0.15, 0.2) is 0 Å². The molecule has 0 fully saturated rings. The number of hydrogen-bond donors (Lipinski definition) is 0. The average molecular weight is 267 g/mol. The van der Waals surface area contributed by atoms with Crippen LogP contribution in [0, 0.1) is 17.2 Å². The summed E-state index contributed by atoms with van der Waals surface area (Å²) in [6, 6.07) is 8.05. The molecule has 0 saturated heterocycles. The number of halogens is 1. The zero-order valence-electron chi connectivity index (χ0n) is 11.1. The van der Waals surface area contributed by atoms with E-state index in [2.05, 4.69) is 17.9 Å². The molecular formula is C14H19ClN2O. The third kappa shape index (κ3) is 4.21. The molecule has 0 aliphatic heterocycles. The minimum absolute atomic E-state index is 0.0404. The van der Waals surface area contributed by atoms with Crippen molar-refractivity contribution in [1.29, 1.82) is 5.26 Å². The smallest absolute Gasteiger partial charge is 0.137 e. The standard InChI is InChI=1S/C14H19ClN2O/c1-4-17(9-11(2)8-16)10-12-5-6-14(18-3)13(15)7-12/h5-7,11H,4,9-10H2,1-3H3. The van der Waals surface area contributed by atoms with Gasteiger partial charge in [-0.1, -0.05) is 24.6 Å². The van der Waals surface area contributed by atoms with E-state index >= 15 is 0 Å². The SMILES string of the molecule is CCN(Cc1ccc(OC)c(Cl)c1)CC(C)C#N. The average Bonchev–Trinajstić information content (AvgIpc) is 2.38. The Hall–Kier alpha value is -1.24. The second-order valence-corrected chi connectivity index (χ2v) is 4.73. The van der Waals surface area contributed by atoms with Crippen molar-refractivity contribution < 1.29 is 4.74 Å². The van der Waals surface area contributed by atoms with E-state index in [0.717, 1.165) is 25.2 Å². The summed E-state index contributed by atoms with van der Waals surface area (Å²) in [6.45, 7) is 6.51. The third-order valence-corrected chi connectivity index (χ3v) is 3.12. The molecule has 0 heterocycles. The first-order valence-corrected chi connectivity index (χ1v) is 6.42. The number of hydrogen-bond acceptors (Lipinski definition) is 3. The lowest BCUT2D eigenvalue weighted by atomic mass is 10.1. The zero-order valence-corrected chi connectivity index (χ0v) is 11.9. The number of ether oxygens (including phenoxy) is 1. The lowest BCUT2D eigenvalue weighted by Crippen LogP contribution is -2.27. The fourth-order valence-corrected chi connectivity index (χ4v) is 2.08. The summed E-state index contributed by atoms with van der Waals surface area (Å²) < 4.78 is 5.12. The van der Waals surface area contributed by atoms with Crippen molar-refractivity contribution in [2.75, 3.05) is 20.2 Å². The van der Waals surface area contributed by atoms with E-state index in [4.69, 9.17) is 21.6 Å². The van der Waals surface area contributed by atoms with Crippen LogP contribution in [0.2, 0.25) is 5.02 Å². The third-order valence-electron chi connectivity index (χ3n) is 2.82. The Labute approximate surface area is 114 Å². The van der Waals surface area contributed by atoms with Crippen molar-refractivity contribution in [1.82, 2.24) is 4.90 Å². The summed E-state index contributed by atoms with van der Waals surface area (Å²) in [7, 11) is 1.60. The second kappa shape index (κ2) is 7.25. The van der Waals surface area contributed by atoms with Crippen LogP contribution in [0.5, 0.6) is 5.75 Å². The fourth-order valence-electron chi connectivity index (χ4n) is 1.80. The van der Waals surface area contributed by atoms with Crippen LogP contribution < -0.4 is 4.74 Å². The Bertz CT molecular complexity index is 428. The normalized spacial score (nSPS) is 12.2. The minimum Gasteiger partial charge on any atom is -0.495 e. The molecule has 0 aromatic heterocycles. The zero-order chi connectivity index (χ0) is 13.5. The van der Waals surface area contributed by atoms with E-state index in [0.29, 0.717) is 10.8 Å². The van der Waals surface area contributed by atoms with E-state index in [1.165, 1.54) is 0 Å². The van der Waals surface area contributed by atoms with Crippen molar-refractivity contribution in [2.45, 2.75) is 20.4 Å². The van der Waals surface area contributed by atoms with Gasteiger partial charge in [-0.15, -0.1) is 0 Å². The summed E-state index contributed by atoms with van der Waals surface area (Å²) in [5.41, 5.74) is 1.13.